The van der Waals surface area contributed by atoms with Gasteiger partial charge in [-0.3, -0.25) is 9.69 Å². The number of rotatable bonds is 6. The van der Waals surface area contributed by atoms with Crippen LogP contribution < -0.4 is 11.1 Å². The predicted octanol–water partition coefficient (Wildman–Crippen LogP) is 0.370. The fourth-order valence-corrected chi connectivity index (χ4v) is 1.74. The van der Waals surface area contributed by atoms with Crippen LogP contribution in [0.1, 0.15) is 18.6 Å². The normalized spacial score (nSPS) is 12.4. The van der Waals surface area contributed by atoms with Crippen LogP contribution in [0.2, 0.25) is 0 Å². The second-order valence-corrected chi connectivity index (χ2v) is 4.15. The van der Waals surface area contributed by atoms with E-state index in [2.05, 4.69) is 5.32 Å². The Balaban J connectivity index is 2.65. The molecule has 0 bridgehead atoms. The molecule has 0 heterocycles. The molecule has 0 aliphatic rings. The van der Waals surface area contributed by atoms with Gasteiger partial charge in [-0.25, -0.2) is 0 Å². The van der Waals surface area contributed by atoms with Crippen LogP contribution in [-0.2, 0) is 4.79 Å². The van der Waals surface area contributed by atoms with Gasteiger partial charge in [-0.15, -0.1) is 0 Å². The van der Waals surface area contributed by atoms with Crippen LogP contribution >= 0.6 is 0 Å². The second kappa shape index (κ2) is 6.98. The monoisotopic (exact) mass is 251 g/mol. The minimum absolute atomic E-state index is 0.0647. The first-order chi connectivity index (χ1) is 8.58. The molecule has 18 heavy (non-hydrogen) atoms. The van der Waals surface area contributed by atoms with E-state index in [0.717, 1.165) is 0 Å². The minimum Gasteiger partial charge on any atom is -0.398 e. The maximum absolute atomic E-state index is 11.3. The molecular weight excluding hydrogens is 230 g/mol. The summed E-state index contributed by atoms with van der Waals surface area (Å²) in [6.07, 6.45) is -0.684. The summed E-state index contributed by atoms with van der Waals surface area (Å²) in [5.41, 5.74) is 7.08. The molecule has 1 rings (SSSR count). The standard InChI is InChI=1S/C13H21N3O2/c1-3-16(9-13(18)15-2)8-12(17)10-6-4-5-7-11(10)14/h4-7,12,17H,3,8-9,14H2,1-2H3,(H,15,18). The molecule has 5 nitrogen and oxygen atoms in total. The fraction of sp³-hybridized carbons (Fsp3) is 0.462. The van der Waals surface area contributed by atoms with Crippen molar-refractivity contribution in [3.8, 4) is 0 Å². The average molecular weight is 251 g/mol. The van der Waals surface area contributed by atoms with E-state index in [0.29, 0.717) is 24.3 Å². The molecule has 0 saturated heterocycles. The highest BCUT2D eigenvalue weighted by molar-refractivity contribution is 5.77. The van der Waals surface area contributed by atoms with E-state index in [-0.39, 0.29) is 12.5 Å². The highest BCUT2D eigenvalue weighted by atomic mass is 16.3. The molecule has 0 aliphatic carbocycles. The second-order valence-electron chi connectivity index (χ2n) is 4.15. The van der Waals surface area contributed by atoms with Crippen molar-refractivity contribution in [2.45, 2.75) is 13.0 Å². The van der Waals surface area contributed by atoms with Gasteiger partial charge in [0.25, 0.3) is 0 Å². The molecule has 1 atom stereocenters. The predicted molar refractivity (Wildman–Crippen MR) is 72.0 cm³/mol. The zero-order valence-electron chi connectivity index (χ0n) is 10.9. The lowest BCUT2D eigenvalue weighted by molar-refractivity contribution is -0.122. The first kappa shape index (κ1) is 14.5. The number of nitrogens with zero attached hydrogens (tertiary/aromatic N) is 1. The number of aliphatic hydroxyl groups excluding tert-OH is 1. The number of hydrogen-bond acceptors (Lipinski definition) is 4. The lowest BCUT2D eigenvalue weighted by atomic mass is 10.1. The number of aliphatic hydroxyl groups is 1. The Labute approximate surface area is 108 Å². The first-order valence-electron chi connectivity index (χ1n) is 6.03. The molecule has 0 aromatic heterocycles. The van der Waals surface area contributed by atoms with Gasteiger partial charge in [0, 0.05) is 24.8 Å². The summed E-state index contributed by atoms with van der Waals surface area (Å²) in [6.45, 7) is 3.30. The number of carbonyl (C=O) groups excluding carboxylic acids is 1. The lowest BCUT2D eigenvalue weighted by Gasteiger charge is -2.23. The third-order valence-electron chi connectivity index (χ3n) is 2.88. The van der Waals surface area contributed by atoms with Crippen molar-refractivity contribution in [3.05, 3.63) is 29.8 Å². The molecule has 4 N–H and O–H groups in total. The third-order valence-corrected chi connectivity index (χ3v) is 2.88. The Morgan fingerprint density at radius 2 is 2.17 bits per heavy atom. The highest BCUT2D eigenvalue weighted by Gasteiger charge is 2.16. The number of nitrogens with one attached hydrogen (secondary N) is 1. The van der Waals surface area contributed by atoms with Gasteiger partial charge in [0.2, 0.25) is 5.91 Å². The summed E-state index contributed by atoms with van der Waals surface area (Å²) >= 11 is 0. The van der Waals surface area contributed by atoms with Gasteiger partial charge >= 0.3 is 0 Å². The van der Waals surface area contributed by atoms with E-state index in [9.17, 15) is 9.90 Å². The summed E-state index contributed by atoms with van der Waals surface area (Å²) in [5, 5.41) is 12.7. The molecule has 0 fully saturated rings. The maximum Gasteiger partial charge on any atom is 0.233 e. The number of para-hydroxylation sites is 1. The van der Waals surface area contributed by atoms with E-state index in [1.165, 1.54) is 0 Å². The largest absolute Gasteiger partial charge is 0.398 e. The molecule has 0 radical (unpaired) electrons. The zero-order valence-corrected chi connectivity index (χ0v) is 10.9. The Hall–Kier alpha value is -1.59. The number of nitrogens with two attached hydrogens (primary N) is 1. The molecule has 0 spiro atoms. The van der Waals surface area contributed by atoms with Crippen molar-refractivity contribution >= 4 is 11.6 Å². The molecule has 5 heteroatoms. The molecular formula is C13H21N3O2. The third kappa shape index (κ3) is 4.01. The molecule has 1 aromatic rings. The van der Waals surface area contributed by atoms with Gasteiger partial charge in [-0.2, -0.15) is 0 Å². The molecule has 1 amide bonds. The van der Waals surface area contributed by atoms with E-state index in [4.69, 9.17) is 5.73 Å². The van der Waals surface area contributed by atoms with Gasteiger partial charge in [-0.05, 0) is 12.6 Å². The number of benzene rings is 1. The van der Waals surface area contributed by atoms with Crippen LogP contribution in [0.25, 0.3) is 0 Å². The SMILES string of the molecule is CCN(CC(=O)NC)CC(O)c1ccccc1N. The minimum atomic E-state index is -0.684. The highest BCUT2D eigenvalue weighted by Crippen LogP contribution is 2.20. The van der Waals surface area contributed by atoms with Crippen LogP contribution in [0.15, 0.2) is 24.3 Å². The van der Waals surface area contributed by atoms with Gasteiger partial charge in [0.05, 0.1) is 12.6 Å². The van der Waals surface area contributed by atoms with Gasteiger partial charge in [0.15, 0.2) is 0 Å². The summed E-state index contributed by atoms with van der Waals surface area (Å²) in [7, 11) is 1.60. The van der Waals surface area contributed by atoms with Crippen molar-refractivity contribution in [3.63, 3.8) is 0 Å². The fourth-order valence-electron chi connectivity index (χ4n) is 1.74. The van der Waals surface area contributed by atoms with E-state index in [1.54, 1.807) is 19.2 Å². The Morgan fingerprint density at radius 1 is 1.50 bits per heavy atom. The quantitative estimate of drug-likeness (QED) is 0.638. The Kier molecular flexibility index (Phi) is 5.61. The first-order valence-corrected chi connectivity index (χ1v) is 6.03. The smallest absolute Gasteiger partial charge is 0.233 e. The van der Waals surface area contributed by atoms with Gasteiger partial charge in [0.1, 0.15) is 0 Å². The molecule has 0 saturated carbocycles. The topological polar surface area (TPSA) is 78.6 Å². The van der Waals surface area contributed by atoms with Crippen LogP contribution in [0, 0.1) is 0 Å². The van der Waals surface area contributed by atoms with Crippen molar-refractivity contribution < 1.29 is 9.90 Å². The zero-order chi connectivity index (χ0) is 13.5. The van der Waals surface area contributed by atoms with Crippen LogP contribution in [-0.4, -0.2) is 42.6 Å². The molecule has 0 aliphatic heterocycles. The number of nitrogen functional groups attached to an aromatic ring is 1. The van der Waals surface area contributed by atoms with Crippen molar-refractivity contribution in [2.75, 3.05) is 32.4 Å². The summed E-state index contributed by atoms with van der Waals surface area (Å²) < 4.78 is 0. The lowest BCUT2D eigenvalue weighted by Crippen LogP contribution is -2.37. The van der Waals surface area contributed by atoms with E-state index >= 15 is 0 Å². The van der Waals surface area contributed by atoms with Gasteiger partial charge < -0.3 is 16.2 Å². The summed E-state index contributed by atoms with van der Waals surface area (Å²) in [4.78, 5) is 13.2. The average Bonchev–Trinajstić information content (AvgIpc) is 2.38. The number of anilines is 1. The molecule has 1 unspecified atom stereocenters. The summed E-state index contributed by atoms with van der Waals surface area (Å²) in [5.74, 6) is -0.0647. The molecule has 100 valence electrons. The van der Waals surface area contributed by atoms with Crippen LogP contribution in [0.5, 0.6) is 0 Å². The van der Waals surface area contributed by atoms with Gasteiger partial charge in [-0.1, -0.05) is 25.1 Å². The number of likely N-dealkylation sites (N-methyl/N-ethyl adjacent to an activating group) is 2. The van der Waals surface area contributed by atoms with Crippen molar-refractivity contribution in [1.82, 2.24) is 10.2 Å². The molecule has 1 aromatic carbocycles. The maximum atomic E-state index is 11.3. The number of amides is 1. The van der Waals surface area contributed by atoms with Crippen molar-refractivity contribution in [2.24, 2.45) is 0 Å². The number of carbonyl (C=O) groups is 1. The van der Waals surface area contributed by atoms with Crippen LogP contribution in [0.3, 0.4) is 0 Å². The Bertz CT molecular complexity index is 396. The van der Waals surface area contributed by atoms with E-state index < -0.39 is 6.10 Å². The Morgan fingerprint density at radius 3 is 2.72 bits per heavy atom. The van der Waals surface area contributed by atoms with Crippen LogP contribution in [0.4, 0.5) is 5.69 Å². The van der Waals surface area contributed by atoms with Crippen molar-refractivity contribution in [1.29, 1.82) is 0 Å². The summed E-state index contributed by atoms with van der Waals surface area (Å²) in [6, 6.07) is 7.22. The number of hydrogen-bond donors (Lipinski definition) is 3. The van der Waals surface area contributed by atoms with E-state index in [1.807, 2.05) is 24.0 Å².